The van der Waals surface area contributed by atoms with Gasteiger partial charge >= 0.3 is 0 Å². The second-order valence-electron chi connectivity index (χ2n) is 5.88. The zero-order chi connectivity index (χ0) is 18.7. The van der Waals surface area contributed by atoms with E-state index in [1.807, 2.05) is 32.0 Å². The fourth-order valence-electron chi connectivity index (χ4n) is 2.63. The molecule has 6 heteroatoms. The van der Waals surface area contributed by atoms with Gasteiger partial charge in [0.05, 0.1) is 5.56 Å². The lowest BCUT2D eigenvalue weighted by Crippen LogP contribution is -2.17. The van der Waals surface area contributed by atoms with Gasteiger partial charge in [-0.2, -0.15) is 0 Å². The number of anilines is 2. The number of hydrogen-bond acceptors (Lipinski definition) is 4. The van der Waals surface area contributed by atoms with Crippen LogP contribution in [0, 0.1) is 13.8 Å². The smallest absolute Gasteiger partial charge is 0.259 e. The Labute approximate surface area is 156 Å². The quantitative estimate of drug-likeness (QED) is 0.681. The summed E-state index contributed by atoms with van der Waals surface area (Å²) in [6.07, 6.45) is 0. The number of aryl methyl sites for hydroxylation is 2. The highest BCUT2D eigenvalue weighted by molar-refractivity contribution is 6.30. The molecule has 0 fully saturated rings. The number of hydrogen-bond donors (Lipinski definition) is 2. The third-order valence-electron chi connectivity index (χ3n) is 3.74. The summed E-state index contributed by atoms with van der Waals surface area (Å²) in [5.74, 6) is 1.21. The van der Waals surface area contributed by atoms with Gasteiger partial charge in [-0.05, 0) is 67.9 Å². The van der Waals surface area contributed by atoms with Crippen molar-refractivity contribution in [1.82, 2.24) is 4.98 Å². The van der Waals surface area contributed by atoms with E-state index in [9.17, 15) is 4.79 Å². The highest BCUT2D eigenvalue weighted by Gasteiger charge is 2.15. The van der Waals surface area contributed by atoms with Crippen molar-refractivity contribution in [2.24, 2.45) is 0 Å². The first-order chi connectivity index (χ1) is 12.4. The molecule has 1 heterocycles. The number of ether oxygens (including phenoxy) is 1. The largest absolute Gasteiger partial charge is 0.457 e. The van der Waals surface area contributed by atoms with Crippen molar-refractivity contribution in [3.8, 4) is 11.5 Å². The second-order valence-corrected chi connectivity index (χ2v) is 6.32. The SMILES string of the molecule is Cc1cc(C)c(C(=O)Nc2ccc(Oc3cccc(Cl)c3)cc2)c(N)n1. The fraction of sp³-hybridized carbons (Fsp3) is 0.100. The molecule has 0 atom stereocenters. The summed E-state index contributed by atoms with van der Waals surface area (Å²) < 4.78 is 5.73. The predicted octanol–water partition coefficient (Wildman–Crippen LogP) is 4.98. The van der Waals surface area contributed by atoms with Gasteiger partial charge in [0.15, 0.2) is 0 Å². The maximum atomic E-state index is 12.5. The molecule has 1 amide bonds. The Bertz CT molecular complexity index is 933. The lowest BCUT2D eigenvalue weighted by atomic mass is 10.1. The van der Waals surface area contributed by atoms with E-state index < -0.39 is 0 Å². The van der Waals surface area contributed by atoms with Crippen LogP contribution in [0.25, 0.3) is 0 Å². The van der Waals surface area contributed by atoms with Gasteiger partial charge in [0.1, 0.15) is 17.3 Å². The van der Waals surface area contributed by atoms with Crippen LogP contribution in [0.2, 0.25) is 5.02 Å². The molecule has 0 aliphatic heterocycles. The maximum Gasteiger partial charge on any atom is 0.259 e. The molecule has 5 nitrogen and oxygen atoms in total. The molecule has 1 aromatic heterocycles. The van der Waals surface area contributed by atoms with Crippen molar-refractivity contribution in [3.63, 3.8) is 0 Å². The summed E-state index contributed by atoms with van der Waals surface area (Å²) in [7, 11) is 0. The number of carbonyl (C=O) groups excluding carboxylic acids is 1. The highest BCUT2D eigenvalue weighted by Crippen LogP contribution is 2.26. The second kappa shape index (κ2) is 7.45. The molecule has 0 aliphatic carbocycles. The number of aromatic nitrogens is 1. The van der Waals surface area contributed by atoms with Crippen molar-refractivity contribution >= 4 is 29.0 Å². The summed E-state index contributed by atoms with van der Waals surface area (Å²) >= 11 is 5.94. The molecule has 26 heavy (non-hydrogen) atoms. The third-order valence-corrected chi connectivity index (χ3v) is 3.98. The zero-order valence-electron chi connectivity index (χ0n) is 14.4. The van der Waals surface area contributed by atoms with Crippen molar-refractivity contribution < 1.29 is 9.53 Å². The Kier molecular flexibility index (Phi) is 5.09. The number of carbonyl (C=O) groups is 1. The number of nitrogens with one attached hydrogen (secondary N) is 1. The normalized spacial score (nSPS) is 10.4. The minimum absolute atomic E-state index is 0.223. The van der Waals surface area contributed by atoms with Crippen LogP contribution in [0.15, 0.2) is 54.6 Å². The Morgan fingerprint density at radius 1 is 1.08 bits per heavy atom. The summed E-state index contributed by atoms with van der Waals surface area (Å²) in [6, 6.07) is 16.0. The van der Waals surface area contributed by atoms with Crippen molar-refractivity contribution in [1.29, 1.82) is 0 Å². The maximum absolute atomic E-state index is 12.5. The first-order valence-electron chi connectivity index (χ1n) is 8.01. The molecule has 132 valence electrons. The van der Waals surface area contributed by atoms with Crippen LogP contribution >= 0.6 is 11.6 Å². The predicted molar refractivity (Wildman–Crippen MR) is 104 cm³/mol. The number of pyridine rings is 1. The van der Waals surface area contributed by atoms with Crippen LogP contribution in [-0.2, 0) is 0 Å². The first-order valence-corrected chi connectivity index (χ1v) is 8.39. The Balaban J connectivity index is 1.72. The van der Waals surface area contributed by atoms with Crippen molar-refractivity contribution in [2.45, 2.75) is 13.8 Å². The minimum atomic E-state index is -0.295. The van der Waals surface area contributed by atoms with Crippen LogP contribution in [0.4, 0.5) is 11.5 Å². The molecule has 0 saturated carbocycles. The molecule has 0 bridgehead atoms. The van der Waals surface area contributed by atoms with Gasteiger partial charge in [-0.25, -0.2) is 4.98 Å². The molecule has 3 rings (SSSR count). The number of nitrogen functional groups attached to an aromatic ring is 1. The van der Waals surface area contributed by atoms with Crippen LogP contribution in [-0.4, -0.2) is 10.9 Å². The van der Waals surface area contributed by atoms with E-state index in [4.69, 9.17) is 22.1 Å². The molecular formula is C20H18ClN3O2. The molecular weight excluding hydrogens is 350 g/mol. The number of amides is 1. The molecule has 3 aromatic rings. The summed E-state index contributed by atoms with van der Waals surface area (Å²) in [4.78, 5) is 16.7. The molecule has 0 spiro atoms. The summed E-state index contributed by atoms with van der Waals surface area (Å²) in [5.41, 5.74) is 8.48. The van der Waals surface area contributed by atoms with Gasteiger partial charge < -0.3 is 15.8 Å². The van der Waals surface area contributed by atoms with E-state index in [1.54, 1.807) is 36.4 Å². The van der Waals surface area contributed by atoms with Crippen LogP contribution < -0.4 is 15.8 Å². The van der Waals surface area contributed by atoms with Gasteiger partial charge in [-0.3, -0.25) is 4.79 Å². The Morgan fingerprint density at radius 2 is 1.81 bits per heavy atom. The van der Waals surface area contributed by atoms with Gasteiger partial charge in [-0.15, -0.1) is 0 Å². The Hall–Kier alpha value is -3.05. The molecule has 2 aromatic carbocycles. The van der Waals surface area contributed by atoms with E-state index in [2.05, 4.69) is 10.3 Å². The van der Waals surface area contributed by atoms with Crippen molar-refractivity contribution in [2.75, 3.05) is 11.1 Å². The average Bonchev–Trinajstić information content (AvgIpc) is 2.56. The van der Waals surface area contributed by atoms with E-state index in [-0.39, 0.29) is 11.7 Å². The van der Waals surface area contributed by atoms with Crippen LogP contribution in [0.5, 0.6) is 11.5 Å². The number of rotatable bonds is 4. The first kappa shape index (κ1) is 17.8. The third kappa shape index (κ3) is 4.13. The lowest BCUT2D eigenvalue weighted by Gasteiger charge is -2.11. The molecule has 3 N–H and O–H groups in total. The number of benzene rings is 2. The summed E-state index contributed by atoms with van der Waals surface area (Å²) in [6.45, 7) is 3.67. The highest BCUT2D eigenvalue weighted by atomic mass is 35.5. The number of nitrogens with two attached hydrogens (primary N) is 1. The van der Waals surface area contributed by atoms with Gasteiger partial charge in [-0.1, -0.05) is 17.7 Å². The van der Waals surface area contributed by atoms with Gasteiger partial charge in [0.2, 0.25) is 0 Å². The average molecular weight is 368 g/mol. The van der Waals surface area contributed by atoms with Crippen LogP contribution in [0.3, 0.4) is 0 Å². The summed E-state index contributed by atoms with van der Waals surface area (Å²) in [5, 5.41) is 3.43. The zero-order valence-corrected chi connectivity index (χ0v) is 15.2. The molecule has 0 unspecified atom stereocenters. The standard InChI is InChI=1S/C20H18ClN3O2/c1-12-10-13(2)23-19(22)18(12)20(25)24-15-6-8-16(9-7-15)26-17-5-3-4-14(21)11-17/h3-11H,1-2H3,(H2,22,23)(H,24,25). The molecule has 0 saturated heterocycles. The number of nitrogens with zero attached hydrogens (tertiary/aromatic N) is 1. The number of halogens is 1. The Morgan fingerprint density at radius 3 is 2.46 bits per heavy atom. The van der Waals surface area contributed by atoms with Gasteiger partial charge in [0.25, 0.3) is 5.91 Å². The monoisotopic (exact) mass is 367 g/mol. The van der Waals surface area contributed by atoms with Crippen molar-refractivity contribution in [3.05, 3.63) is 76.4 Å². The van der Waals surface area contributed by atoms with Gasteiger partial charge in [0, 0.05) is 16.4 Å². The fourth-order valence-corrected chi connectivity index (χ4v) is 2.81. The van der Waals surface area contributed by atoms with Crippen LogP contribution in [0.1, 0.15) is 21.6 Å². The lowest BCUT2D eigenvalue weighted by molar-refractivity contribution is 0.102. The van der Waals surface area contributed by atoms with E-state index >= 15 is 0 Å². The minimum Gasteiger partial charge on any atom is -0.457 e. The van der Waals surface area contributed by atoms with E-state index in [0.717, 1.165) is 11.3 Å². The molecule has 0 aliphatic rings. The van der Waals surface area contributed by atoms with E-state index in [1.165, 1.54) is 0 Å². The topological polar surface area (TPSA) is 77.2 Å². The molecule has 0 radical (unpaired) electrons. The van der Waals surface area contributed by atoms with E-state index in [0.29, 0.717) is 27.8 Å².